The van der Waals surface area contributed by atoms with E-state index in [9.17, 15) is 32.6 Å². The minimum absolute atomic E-state index is 0.0196. The summed E-state index contributed by atoms with van der Waals surface area (Å²) in [5.74, 6) is -5.20. The third kappa shape index (κ3) is 5.83. The molecule has 1 aliphatic rings. The van der Waals surface area contributed by atoms with Crippen LogP contribution >= 0.6 is 0 Å². The molecule has 0 spiro atoms. The van der Waals surface area contributed by atoms with Crippen LogP contribution in [0.3, 0.4) is 0 Å². The van der Waals surface area contributed by atoms with Crippen LogP contribution in [0, 0.1) is 28.7 Å². The van der Waals surface area contributed by atoms with Crippen molar-refractivity contribution in [1.29, 1.82) is 0 Å². The van der Waals surface area contributed by atoms with E-state index in [2.05, 4.69) is 4.98 Å². The quantitative estimate of drug-likeness (QED) is 0.358. The topological polar surface area (TPSA) is 92.1 Å². The summed E-state index contributed by atoms with van der Waals surface area (Å²) in [6.07, 6.45) is 0.447. The molecular formula is C27H28F4N2O5. The summed E-state index contributed by atoms with van der Waals surface area (Å²) in [5.41, 5.74) is -0.598. The molecule has 2 heterocycles. The molecule has 0 bridgehead atoms. The number of nitrogens with zero attached hydrogens (tertiary/aromatic N) is 2. The fourth-order valence-corrected chi connectivity index (χ4v) is 4.91. The number of fused-ring (bicyclic) bond motifs is 1. The Balaban J connectivity index is 1.37. The monoisotopic (exact) mass is 536 g/mol. The number of benzene rings is 2. The van der Waals surface area contributed by atoms with Crippen molar-refractivity contribution >= 4 is 16.9 Å². The standard InChI is InChI=1S/C27H28F4N2O5/c1-37-17-2-3-22-18(14-17)24(21(31)15-32-22)23(34)4-5-27(26(35)36)6-8-33(9-7-27)10-11-38-25-19(29)12-16(28)13-20(25)30/h2-3,12-15,23,34H,4-11H2,1H3,(H,35,36). The smallest absolute Gasteiger partial charge is 0.309 e. The number of halogens is 4. The summed E-state index contributed by atoms with van der Waals surface area (Å²) in [7, 11) is 1.47. The maximum Gasteiger partial charge on any atom is 0.309 e. The van der Waals surface area contributed by atoms with E-state index < -0.39 is 46.5 Å². The molecule has 2 aromatic carbocycles. The van der Waals surface area contributed by atoms with Crippen LogP contribution in [0.4, 0.5) is 17.6 Å². The molecule has 1 aliphatic heterocycles. The number of pyridine rings is 1. The van der Waals surface area contributed by atoms with Gasteiger partial charge in [-0.3, -0.25) is 14.7 Å². The lowest BCUT2D eigenvalue weighted by Crippen LogP contribution is -2.45. The van der Waals surface area contributed by atoms with Gasteiger partial charge in [0, 0.05) is 29.6 Å². The number of likely N-dealkylation sites (tertiary alicyclic amines) is 1. The lowest BCUT2D eigenvalue weighted by Gasteiger charge is -2.39. The SMILES string of the molecule is COc1ccc2ncc(F)c(C(O)CCC3(C(=O)O)CCN(CCOc4c(F)cc(F)cc4F)CC3)c2c1. The van der Waals surface area contributed by atoms with Crippen molar-refractivity contribution < 1.29 is 42.0 Å². The van der Waals surface area contributed by atoms with Crippen LogP contribution in [0.2, 0.25) is 0 Å². The summed E-state index contributed by atoms with van der Waals surface area (Å²) in [4.78, 5) is 18.2. The van der Waals surface area contributed by atoms with E-state index in [4.69, 9.17) is 9.47 Å². The molecule has 3 aromatic rings. The second-order valence-electron chi connectivity index (χ2n) is 9.43. The van der Waals surface area contributed by atoms with Crippen molar-refractivity contribution in [1.82, 2.24) is 9.88 Å². The fourth-order valence-electron chi connectivity index (χ4n) is 4.91. The zero-order valence-corrected chi connectivity index (χ0v) is 20.7. The van der Waals surface area contributed by atoms with Gasteiger partial charge in [0.05, 0.1) is 30.3 Å². The summed E-state index contributed by atoms with van der Waals surface area (Å²) in [6.45, 7) is 0.967. The molecule has 11 heteroatoms. The molecule has 1 aromatic heterocycles. The zero-order chi connectivity index (χ0) is 27.4. The summed E-state index contributed by atoms with van der Waals surface area (Å²) < 4.78 is 65.6. The highest BCUT2D eigenvalue weighted by Crippen LogP contribution is 2.40. The number of carboxylic acids is 1. The average molecular weight is 537 g/mol. The Morgan fingerprint density at radius 3 is 2.42 bits per heavy atom. The van der Waals surface area contributed by atoms with Gasteiger partial charge in [0.1, 0.15) is 24.0 Å². The highest BCUT2D eigenvalue weighted by Gasteiger charge is 2.41. The minimum atomic E-state index is -1.25. The molecule has 4 rings (SSSR count). The Hall–Kier alpha value is -3.44. The van der Waals surface area contributed by atoms with Gasteiger partial charge < -0.3 is 19.7 Å². The number of hydrogen-bond donors (Lipinski definition) is 2. The molecule has 204 valence electrons. The number of aliphatic carboxylic acids is 1. The van der Waals surface area contributed by atoms with Gasteiger partial charge in [0.15, 0.2) is 17.4 Å². The highest BCUT2D eigenvalue weighted by molar-refractivity contribution is 5.84. The molecular weight excluding hydrogens is 508 g/mol. The summed E-state index contributed by atoms with van der Waals surface area (Å²) >= 11 is 0. The van der Waals surface area contributed by atoms with Crippen molar-refractivity contribution in [2.45, 2.75) is 31.8 Å². The van der Waals surface area contributed by atoms with Crippen LogP contribution < -0.4 is 9.47 Å². The minimum Gasteiger partial charge on any atom is -0.497 e. The van der Waals surface area contributed by atoms with Gasteiger partial charge in [-0.2, -0.15) is 0 Å². The van der Waals surface area contributed by atoms with E-state index in [0.717, 1.165) is 6.20 Å². The molecule has 0 saturated carbocycles. The lowest BCUT2D eigenvalue weighted by atomic mass is 9.74. The molecule has 1 atom stereocenters. The number of aliphatic hydroxyl groups is 1. The number of ether oxygens (including phenoxy) is 2. The van der Waals surface area contributed by atoms with Crippen LogP contribution in [0.15, 0.2) is 36.5 Å². The average Bonchev–Trinajstić information content (AvgIpc) is 2.89. The van der Waals surface area contributed by atoms with E-state index in [1.807, 2.05) is 4.90 Å². The van der Waals surface area contributed by atoms with Crippen LogP contribution in [-0.2, 0) is 4.79 Å². The van der Waals surface area contributed by atoms with Crippen molar-refractivity contribution in [2.75, 3.05) is 33.4 Å². The number of aromatic nitrogens is 1. The van der Waals surface area contributed by atoms with Gasteiger partial charge in [-0.1, -0.05) is 0 Å². The number of carbonyl (C=O) groups is 1. The first-order valence-corrected chi connectivity index (χ1v) is 12.2. The van der Waals surface area contributed by atoms with Crippen LogP contribution in [0.1, 0.15) is 37.4 Å². The van der Waals surface area contributed by atoms with Crippen molar-refractivity contribution in [3.63, 3.8) is 0 Å². The second-order valence-corrected chi connectivity index (χ2v) is 9.43. The number of methoxy groups -OCH3 is 1. The molecule has 2 N–H and O–H groups in total. The Bertz CT molecular complexity index is 1290. The first-order chi connectivity index (χ1) is 18.1. The van der Waals surface area contributed by atoms with E-state index in [1.165, 1.54) is 7.11 Å². The normalized spacial score (nSPS) is 16.4. The second kappa shape index (κ2) is 11.5. The molecule has 1 fully saturated rings. The zero-order valence-electron chi connectivity index (χ0n) is 20.7. The molecule has 0 amide bonds. The number of aliphatic hydroxyl groups excluding tert-OH is 1. The van der Waals surface area contributed by atoms with Crippen LogP contribution in [0.25, 0.3) is 10.9 Å². The molecule has 0 radical (unpaired) electrons. The lowest BCUT2D eigenvalue weighted by molar-refractivity contribution is -0.153. The highest BCUT2D eigenvalue weighted by atomic mass is 19.1. The Morgan fingerprint density at radius 2 is 1.79 bits per heavy atom. The van der Waals surface area contributed by atoms with E-state index in [1.54, 1.807) is 18.2 Å². The van der Waals surface area contributed by atoms with Crippen LogP contribution in [0.5, 0.6) is 11.5 Å². The van der Waals surface area contributed by atoms with Gasteiger partial charge in [-0.05, 0) is 57.0 Å². The number of rotatable bonds is 10. The van der Waals surface area contributed by atoms with Crippen molar-refractivity contribution in [2.24, 2.45) is 5.41 Å². The third-order valence-corrected chi connectivity index (χ3v) is 7.18. The van der Waals surface area contributed by atoms with Crippen LogP contribution in [-0.4, -0.2) is 59.4 Å². The first-order valence-electron chi connectivity index (χ1n) is 12.2. The first kappa shape index (κ1) is 27.6. The van der Waals surface area contributed by atoms with Gasteiger partial charge in [-0.15, -0.1) is 0 Å². The Morgan fingerprint density at radius 1 is 1.11 bits per heavy atom. The largest absolute Gasteiger partial charge is 0.497 e. The summed E-state index contributed by atoms with van der Waals surface area (Å²) in [6, 6.07) is 5.98. The van der Waals surface area contributed by atoms with E-state index >= 15 is 0 Å². The molecule has 1 saturated heterocycles. The van der Waals surface area contributed by atoms with Crippen molar-refractivity contribution in [3.8, 4) is 11.5 Å². The van der Waals surface area contributed by atoms with Gasteiger partial charge in [0.2, 0.25) is 0 Å². The van der Waals surface area contributed by atoms with Crippen molar-refractivity contribution in [3.05, 3.63) is 65.4 Å². The number of carboxylic acid groups (broad SMARTS) is 1. The number of hydrogen-bond acceptors (Lipinski definition) is 6. The predicted octanol–water partition coefficient (Wildman–Crippen LogP) is 4.86. The number of piperidine rings is 1. The van der Waals surface area contributed by atoms with Gasteiger partial charge >= 0.3 is 5.97 Å². The van der Waals surface area contributed by atoms with E-state index in [0.29, 0.717) is 41.9 Å². The fraction of sp³-hybridized carbons (Fsp3) is 0.407. The van der Waals surface area contributed by atoms with Gasteiger partial charge in [0.25, 0.3) is 0 Å². The summed E-state index contributed by atoms with van der Waals surface area (Å²) in [5, 5.41) is 21.3. The third-order valence-electron chi connectivity index (χ3n) is 7.18. The molecule has 0 aliphatic carbocycles. The Kier molecular flexibility index (Phi) is 8.37. The maximum atomic E-state index is 14.7. The predicted molar refractivity (Wildman–Crippen MR) is 130 cm³/mol. The van der Waals surface area contributed by atoms with Gasteiger partial charge in [-0.25, -0.2) is 17.6 Å². The molecule has 7 nitrogen and oxygen atoms in total. The Labute approximate surface area is 216 Å². The van der Waals surface area contributed by atoms with E-state index in [-0.39, 0.29) is 44.4 Å². The molecule has 38 heavy (non-hydrogen) atoms. The maximum absolute atomic E-state index is 14.7. The molecule has 1 unspecified atom stereocenters.